The zero-order chi connectivity index (χ0) is 8.43. The average Bonchev–Trinajstić information content (AvgIpc) is 1.85. The smallest absolute Gasteiger partial charge is 0.309 e. The van der Waals surface area contributed by atoms with Crippen molar-refractivity contribution in [1.82, 2.24) is 4.90 Å². The predicted octanol–water partition coefficient (Wildman–Crippen LogP) is -0.759. The molecule has 1 rings (SSSR count). The standard InChI is InChI=1S/C7H13NO3/c1-8-2-5(3-8)6(4-9)7(10)11/h5-6,9H,2-4H2,1H3,(H,10,11). The van der Waals surface area contributed by atoms with E-state index in [4.69, 9.17) is 10.2 Å². The molecule has 0 aromatic heterocycles. The zero-order valence-electron chi connectivity index (χ0n) is 6.53. The van der Waals surface area contributed by atoms with E-state index in [-0.39, 0.29) is 12.5 Å². The monoisotopic (exact) mass is 159 g/mol. The first kappa shape index (κ1) is 8.49. The van der Waals surface area contributed by atoms with Crippen molar-refractivity contribution in [3.8, 4) is 0 Å². The Kier molecular flexibility index (Phi) is 2.46. The summed E-state index contributed by atoms with van der Waals surface area (Å²) in [5.74, 6) is -1.31. The van der Waals surface area contributed by atoms with E-state index in [0.29, 0.717) is 0 Å². The third-order valence-electron chi connectivity index (χ3n) is 2.18. The van der Waals surface area contributed by atoms with Crippen LogP contribution in [0.5, 0.6) is 0 Å². The molecule has 1 aliphatic heterocycles. The zero-order valence-corrected chi connectivity index (χ0v) is 6.53. The third kappa shape index (κ3) is 1.70. The van der Waals surface area contributed by atoms with E-state index < -0.39 is 11.9 Å². The molecule has 1 heterocycles. The van der Waals surface area contributed by atoms with Crippen molar-refractivity contribution < 1.29 is 15.0 Å². The molecule has 1 atom stereocenters. The number of carbonyl (C=O) groups is 1. The second-order valence-corrected chi connectivity index (χ2v) is 3.11. The lowest BCUT2D eigenvalue weighted by atomic mass is 9.87. The third-order valence-corrected chi connectivity index (χ3v) is 2.18. The van der Waals surface area contributed by atoms with E-state index in [0.717, 1.165) is 13.1 Å². The van der Waals surface area contributed by atoms with Crippen LogP contribution >= 0.6 is 0 Å². The van der Waals surface area contributed by atoms with Crippen molar-refractivity contribution >= 4 is 5.97 Å². The Balaban J connectivity index is 2.38. The number of aliphatic hydroxyl groups is 1. The molecular formula is C7H13NO3. The summed E-state index contributed by atoms with van der Waals surface area (Å²) >= 11 is 0. The van der Waals surface area contributed by atoms with Crippen molar-refractivity contribution in [2.24, 2.45) is 11.8 Å². The molecule has 4 nitrogen and oxygen atoms in total. The molecule has 1 saturated heterocycles. The fraction of sp³-hybridized carbons (Fsp3) is 0.857. The van der Waals surface area contributed by atoms with Gasteiger partial charge in [0.25, 0.3) is 0 Å². The maximum Gasteiger partial charge on any atom is 0.309 e. The number of hydrogen-bond donors (Lipinski definition) is 2. The van der Waals surface area contributed by atoms with E-state index in [2.05, 4.69) is 0 Å². The summed E-state index contributed by atoms with van der Waals surface area (Å²) in [6.45, 7) is 1.34. The maximum absolute atomic E-state index is 10.5. The molecule has 0 aliphatic carbocycles. The van der Waals surface area contributed by atoms with Gasteiger partial charge in [-0.1, -0.05) is 0 Å². The van der Waals surface area contributed by atoms with Crippen molar-refractivity contribution in [3.63, 3.8) is 0 Å². The minimum atomic E-state index is -0.884. The lowest BCUT2D eigenvalue weighted by Gasteiger charge is -2.38. The van der Waals surface area contributed by atoms with Crippen molar-refractivity contribution in [1.29, 1.82) is 0 Å². The number of carboxylic acid groups (broad SMARTS) is 1. The van der Waals surface area contributed by atoms with Gasteiger partial charge in [0.05, 0.1) is 12.5 Å². The largest absolute Gasteiger partial charge is 0.481 e. The molecule has 4 heteroatoms. The van der Waals surface area contributed by atoms with Gasteiger partial charge in [0.2, 0.25) is 0 Å². The average molecular weight is 159 g/mol. The minimum Gasteiger partial charge on any atom is -0.481 e. The number of aliphatic carboxylic acids is 1. The predicted molar refractivity (Wildman–Crippen MR) is 39.2 cm³/mol. The summed E-state index contributed by atoms with van der Waals surface area (Å²) in [5.41, 5.74) is 0. The van der Waals surface area contributed by atoms with Crippen LogP contribution in [0.1, 0.15) is 0 Å². The number of hydrogen-bond acceptors (Lipinski definition) is 3. The Labute approximate surface area is 65.4 Å². The van der Waals surface area contributed by atoms with Gasteiger partial charge in [-0.3, -0.25) is 4.79 Å². The number of aliphatic hydroxyl groups excluding tert-OH is 1. The van der Waals surface area contributed by atoms with Crippen LogP contribution in [0.2, 0.25) is 0 Å². The summed E-state index contributed by atoms with van der Waals surface area (Å²) in [5, 5.41) is 17.3. The SMILES string of the molecule is CN1CC(C(CO)C(=O)O)C1. The summed E-state index contributed by atoms with van der Waals surface area (Å²) < 4.78 is 0. The number of nitrogens with zero attached hydrogens (tertiary/aromatic N) is 1. The highest BCUT2D eigenvalue weighted by molar-refractivity contribution is 5.70. The van der Waals surface area contributed by atoms with Crippen LogP contribution in [0, 0.1) is 11.8 Å². The second-order valence-electron chi connectivity index (χ2n) is 3.11. The fourth-order valence-electron chi connectivity index (χ4n) is 1.43. The van der Waals surface area contributed by atoms with Gasteiger partial charge in [0.1, 0.15) is 0 Å². The van der Waals surface area contributed by atoms with E-state index in [1.165, 1.54) is 0 Å². The van der Waals surface area contributed by atoms with Crippen LogP contribution in [-0.2, 0) is 4.79 Å². The van der Waals surface area contributed by atoms with Gasteiger partial charge < -0.3 is 15.1 Å². The molecule has 0 aromatic carbocycles. The van der Waals surface area contributed by atoms with E-state index in [1.807, 2.05) is 11.9 Å². The molecule has 0 amide bonds. The van der Waals surface area contributed by atoms with Crippen molar-refractivity contribution in [3.05, 3.63) is 0 Å². The lowest BCUT2D eigenvalue weighted by molar-refractivity contribution is -0.147. The Morgan fingerprint density at radius 1 is 1.73 bits per heavy atom. The van der Waals surface area contributed by atoms with Crippen LogP contribution in [0.3, 0.4) is 0 Å². The Morgan fingerprint density at radius 2 is 2.27 bits per heavy atom. The number of rotatable bonds is 3. The highest BCUT2D eigenvalue weighted by atomic mass is 16.4. The topological polar surface area (TPSA) is 60.8 Å². The highest BCUT2D eigenvalue weighted by Gasteiger charge is 2.34. The van der Waals surface area contributed by atoms with Crippen molar-refractivity contribution in [2.75, 3.05) is 26.7 Å². The molecule has 64 valence electrons. The summed E-state index contributed by atoms with van der Waals surface area (Å²) in [7, 11) is 1.94. The molecule has 0 bridgehead atoms. The molecule has 1 unspecified atom stereocenters. The van der Waals surface area contributed by atoms with Gasteiger partial charge in [0.15, 0.2) is 0 Å². The summed E-state index contributed by atoms with van der Waals surface area (Å²) in [4.78, 5) is 12.5. The van der Waals surface area contributed by atoms with Crippen LogP contribution in [-0.4, -0.2) is 47.8 Å². The maximum atomic E-state index is 10.5. The van der Waals surface area contributed by atoms with Crippen LogP contribution < -0.4 is 0 Å². The molecule has 0 spiro atoms. The molecule has 2 N–H and O–H groups in total. The second kappa shape index (κ2) is 3.19. The Morgan fingerprint density at radius 3 is 2.55 bits per heavy atom. The van der Waals surface area contributed by atoms with Crippen LogP contribution in [0.25, 0.3) is 0 Å². The minimum absolute atomic E-state index is 0.141. The molecule has 0 radical (unpaired) electrons. The molecular weight excluding hydrogens is 146 g/mol. The molecule has 0 aromatic rings. The summed E-state index contributed by atoms with van der Waals surface area (Å²) in [6, 6.07) is 0. The van der Waals surface area contributed by atoms with Crippen molar-refractivity contribution in [2.45, 2.75) is 0 Å². The quantitative estimate of drug-likeness (QED) is 0.568. The van der Waals surface area contributed by atoms with Gasteiger partial charge >= 0.3 is 5.97 Å². The normalized spacial score (nSPS) is 22.7. The Bertz CT molecular complexity index is 154. The number of likely N-dealkylation sites (tertiary alicyclic amines) is 1. The van der Waals surface area contributed by atoms with Gasteiger partial charge in [-0.15, -0.1) is 0 Å². The van der Waals surface area contributed by atoms with Gasteiger partial charge in [-0.2, -0.15) is 0 Å². The molecule has 1 fully saturated rings. The molecule has 1 aliphatic rings. The van der Waals surface area contributed by atoms with E-state index in [1.54, 1.807) is 0 Å². The number of carboxylic acids is 1. The van der Waals surface area contributed by atoms with Gasteiger partial charge in [0, 0.05) is 13.1 Å². The molecule has 0 saturated carbocycles. The Hall–Kier alpha value is -0.610. The first-order valence-electron chi connectivity index (χ1n) is 3.67. The van der Waals surface area contributed by atoms with E-state index >= 15 is 0 Å². The van der Waals surface area contributed by atoms with Crippen LogP contribution in [0.15, 0.2) is 0 Å². The first-order chi connectivity index (χ1) is 5.15. The first-order valence-corrected chi connectivity index (χ1v) is 3.67. The van der Waals surface area contributed by atoms with E-state index in [9.17, 15) is 4.79 Å². The van der Waals surface area contributed by atoms with Crippen LogP contribution in [0.4, 0.5) is 0 Å². The molecule has 11 heavy (non-hydrogen) atoms. The van der Waals surface area contributed by atoms with Gasteiger partial charge in [-0.25, -0.2) is 0 Å². The lowest BCUT2D eigenvalue weighted by Crippen LogP contribution is -2.50. The fourth-order valence-corrected chi connectivity index (χ4v) is 1.43. The summed E-state index contributed by atoms with van der Waals surface area (Å²) in [6.07, 6.45) is 0. The van der Waals surface area contributed by atoms with Gasteiger partial charge in [-0.05, 0) is 13.0 Å². The highest BCUT2D eigenvalue weighted by Crippen LogP contribution is 2.21.